The van der Waals surface area contributed by atoms with Crippen LogP contribution in [0.2, 0.25) is 0 Å². The molecule has 138 valence electrons. The van der Waals surface area contributed by atoms with Crippen molar-refractivity contribution in [1.82, 2.24) is 0 Å². The van der Waals surface area contributed by atoms with E-state index < -0.39 is 23.4 Å². The van der Waals surface area contributed by atoms with E-state index in [0.717, 1.165) is 6.08 Å². The largest absolute Gasteiger partial charge is 0.454 e. The van der Waals surface area contributed by atoms with Crippen LogP contribution < -0.4 is 14.8 Å². The average Bonchev–Trinajstić information content (AvgIpc) is 3.12. The van der Waals surface area contributed by atoms with Crippen LogP contribution in [0.4, 0.5) is 11.4 Å². The van der Waals surface area contributed by atoms with Crippen LogP contribution in [0, 0.1) is 10.1 Å². The number of carbonyl (C=O) groups excluding carboxylic acids is 2. The van der Waals surface area contributed by atoms with Gasteiger partial charge in [0.05, 0.1) is 16.6 Å². The van der Waals surface area contributed by atoms with Gasteiger partial charge in [0.25, 0.3) is 11.6 Å². The predicted octanol–water partition coefficient (Wildman–Crippen LogP) is 2.52. The van der Waals surface area contributed by atoms with E-state index in [1.807, 2.05) is 0 Å². The molecule has 1 aliphatic heterocycles. The predicted molar refractivity (Wildman–Crippen MR) is 94.3 cm³/mol. The van der Waals surface area contributed by atoms with Gasteiger partial charge in [0.15, 0.2) is 18.1 Å². The molecule has 0 radical (unpaired) electrons. The van der Waals surface area contributed by atoms with E-state index >= 15 is 0 Å². The Kier molecular flexibility index (Phi) is 5.31. The van der Waals surface area contributed by atoms with E-state index in [1.165, 1.54) is 18.2 Å². The first-order valence-corrected chi connectivity index (χ1v) is 7.81. The number of esters is 1. The number of benzene rings is 2. The maximum Gasteiger partial charge on any atom is 0.331 e. The normalized spacial score (nSPS) is 12.0. The smallest absolute Gasteiger partial charge is 0.331 e. The Hall–Kier alpha value is -3.88. The number of anilines is 1. The number of rotatable bonds is 6. The van der Waals surface area contributed by atoms with Gasteiger partial charge in [-0.2, -0.15) is 0 Å². The van der Waals surface area contributed by atoms with Crippen LogP contribution in [0.1, 0.15) is 5.56 Å². The molecule has 0 aliphatic carbocycles. The molecule has 0 bridgehead atoms. The lowest BCUT2D eigenvalue weighted by atomic mass is 10.1. The molecule has 2 aromatic carbocycles. The second-order valence-corrected chi connectivity index (χ2v) is 5.38. The minimum absolute atomic E-state index is 0.0295. The standard InChI is InChI=1S/C18H14N2O7/c21-17(19-13-4-2-1-3-5-13)10-25-18(22)7-6-12-8-15-16(27-11-26-15)9-14(12)20(23)24/h1-9H,10-11H2,(H,19,21)/b7-6+. The molecule has 0 aromatic heterocycles. The average molecular weight is 370 g/mol. The number of nitro groups is 1. The van der Waals surface area contributed by atoms with Crippen molar-refractivity contribution in [3.05, 3.63) is 64.2 Å². The molecule has 3 rings (SSSR count). The summed E-state index contributed by atoms with van der Waals surface area (Å²) in [4.78, 5) is 34.1. The van der Waals surface area contributed by atoms with E-state index in [-0.39, 0.29) is 23.8 Å². The van der Waals surface area contributed by atoms with Gasteiger partial charge in [-0.1, -0.05) is 18.2 Å². The molecule has 0 saturated carbocycles. The Labute approximate surface area is 153 Å². The summed E-state index contributed by atoms with van der Waals surface area (Å²) >= 11 is 0. The van der Waals surface area contributed by atoms with Crippen molar-refractivity contribution in [2.75, 3.05) is 18.7 Å². The summed E-state index contributed by atoms with van der Waals surface area (Å²) in [7, 11) is 0. The van der Waals surface area contributed by atoms with Crippen LogP contribution in [-0.4, -0.2) is 30.2 Å². The zero-order valence-corrected chi connectivity index (χ0v) is 13.9. The van der Waals surface area contributed by atoms with Crippen molar-refractivity contribution in [3.63, 3.8) is 0 Å². The fourth-order valence-corrected chi connectivity index (χ4v) is 2.30. The zero-order valence-electron chi connectivity index (χ0n) is 13.9. The number of hydrogen-bond donors (Lipinski definition) is 1. The van der Waals surface area contributed by atoms with Gasteiger partial charge in [0, 0.05) is 11.8 Å². The van der Waals surface area contributed by atoms with Crippen molar-refractivity contribution in [1.29, 1.82) is 0 Å². The lowest BCUT2D eigenvalue weighted by Gasteiger charge is -2.05. The van der Waals surface area contributed by atoms with Crippen molar-refractivity contribution in [2.24, 2.45) is 0 Å². The van der Waals surface area contributed by atoms with Crippen LogP contribution >= 0.6 is 0 Å². The summed E-state index contributed by atoms with van der Waals surface area (Å²) < 4.78 is 15.1. The van der Waals surface area contributed by atoms with E-state index in [0.29, 0.717) is 11.4 Å². The highest BCUT2D eigenvalue weighted by molar-refractivity contribution is 5.94. The van der Waals surface area contributed by atoms with Crippen molar-refractivity contribution in [2.45, 2.75) is 0 Å². The Morgan fingerprint density at radius 3 is 2.59 bits per heavy atom. The van der Waals surface area contributed by atoms with Gasteiger partial charge in [0.1, 0.15) is 0 Å². The monoisotopic (exact) mass is 370 g/mol. The third-order valence-electron chi connectivity index (χ3n) is 3.52. The molecule has 0 saturated heterocycles. The maximum absolute atomic E-state index is 11.8. The molecule has 27 heavy (non-hydrogen) atoms. The van der Waals surface area contributed by atoms with Crippen LogP contribution in [-0.2, 0) is 14.3 Å². The third kappa shape index (κ3) is 4.60. The number of fused-ring (bicyclic) bond motifs is 1. The summed E-state index contributed by atoms with van der Waals surface area (Å²) in [5.41, 5.74) is 0.477. The molecule has 1 aliphatic rings. The Bertz CT molecular complexity index is 909. The van der Waals surface area contributed by atoms with E-state index in [2.05, 4.69) is 5.32 Å². The molecule has 1 N–H and O–H groups in total. The summed E-state index contributed by atoms with van der Waals surface area (Å²) in [5.74, 6) is -0.711. The summed E-state index contributed by atoms with van der Waals surface area (Å²) in [6.45, 7) is -0.514. The molecule has 0 atom stereocenters. The SMILES string of the molecule is O=C(COC(=O)/C=C/c1cc2c(cc1[N+](=O)[O-])OCO2)Nc1ccccc1. The number of nitro benzene ring substituents is 1. The van der Waals surface area contributed by atoms with Gasteiger partial charge in [-0.3, -0.25) is 14.9 Å². The lowest BCUT2D eigenvalue weighted by molar-refractivity contribution is -0.385. The van der Waals surface area contributed by atoms with Gasteiger partial charge in [-0.15, -0.1) is 0 Å². The molecular weight excluding hydrogens is 356 g/mol. The van der Waals surface area contributed by atoms with Crippen LogP contribution in [0.15, 0.2) is 48.5 Å². The summed E-state index contributed by atoms with van der Waals surface area (Å²) in [6.07, 6.45) is 2.22. The van der Waals surface area contributed by atoms with Gasteiger partial charge in [0.2, 0.25) is 6.79 Å². The number of ether oxygens (including phenoxy) is 3. The molecule has 1 amide bonds. The first-order valence-electron chi connectivity index (χ1n) is 7.81. The number of nitrogens with one attached hydrogen (secondary N) is 1. The first-order chi connectivity index (χ1) is 13.0. The quantitative estimate of drug-likeness (QED) is 0.359. The van der Waals surface area contributed by atoms with Gasteiger partial charge < -0.3 is 19.5 Å². The number of carbonyl (C=O) groups is 2. The highest BCUT2D eigenvalue weighted by Crippen LogP contribution is 2.38. The van der Waals surface area contributed by atoms with E-state index in [1.54, 1.807) is 30.3 Å². The molecule has 9 heteroatoms. The van der Waals surface area contributed by atoms with Gasteiger partial charge >= 0.3 is 5.97 Å². The minimum Gasteiger partial charge on any atom is -0.454 e. The second-order valence-electron chi connectivity index (χ2n) is 5.38. The molecule has 1 heterocycles. The molecular formula is C18H14N2O7. The topological polar surface area (TPSA) is 117 Å². The maximum atomic E-state index is 11.8. The van der Waals surface area contributed by atoms with E-state index in [9.17, 15) is 19.7 Å². The minimum atomic E-state index is -0.815. The highest BCUT2D eigenvalue weighted by atomic mass is 16.7. The highest BCUT2D eigenvalue weighted by Gasteiger charge is 2.22. The zero-order chi connectivity index (χ0) is 19.2. The molecule has 9 nitrogen and oxygen atoms in total. The van der Waals surface area contributed by atoms with Gasteiger partial charge in [-0.25, -0.2) is 4.79 Å². The van der Waals surface area contributed by atoms with Crippen LogP contribution in [0.25, 0.3) is 6.08 Å². The van der Waals surface area contributed by atoms with Crippen LogP contribution in [0.3, 0.4) is 0 Å². The van der Waals surface area contributed by atoms with Gasteiger partial charge in [-0.05, 0) is 24.3 Å². The first kappa shape index (κ1) is 17.9. The number of para-hydroxylation sites is 1. The lowest BCUT2D eigenvalue weighted by Crippen LogP contribution is -2.20. The summed E-state index contributed by atoms with van der Waals surface area (Å²) in [5, 5.41) is 13.7. The fraction of sp³-hybridized carbons (Fsp3) is 0.111. The molecule has 0 fully saturated rings. The van der Waals surface area contributed by atoms with E-state index in [4.69, 9.17) is 14.2 Å². The molecule has 0 unspecified atom stereocenters. The number of nitrogens with zero attached hydrogens (tertiary/aromatic N) is 1. The third-order valence-corrected chi connectivity index (χ3v) is 3.52. The fourth-order valence-electron chi connectivity index (χ4n) is 2.30. The van der Waals surface area contributed by atoms with Crippen molar-refractivity contribution >= 4 is 29.3 Å². The second kappa shape index (κ2) is 8.00. The molecule has 2 aromatic rings. The van der Waals surface area contributed by atoms with Crippen LogP contribution in [0.5, 0.6) is 11.5 Å². The Balaban J connectivity index is 1.60. The van der Waals surface area contributed by atoms with Crippen molar-refractivity contribution < 1.29 is 28.7 Å². The number of hydrogen-bond acceptors (Lipinski definition) is 7. The Morgan fingerprint density at radius 2 is 1.89 bits per heavy atom. The molecule has 0 spiro atoms. The Morgan fingerprint density at radius 1 is 1.19 bits per heavy atom. The number of amides is 1. The summed E-state index contributed by atoms with van der Waals surface area (Å²) in [6, 6.07) is 11.3. The van der Waals surface area contributed by atoms with Crippen molar-refractivity contribution in [3.8, 4) is 11.5 Å².